The van der Waals surface area contributed by atoms with Gasteiger partial charge in [-0.25, -0.2) is 0 Å². The summed E-state index contributed by atoms with van der Waals surface area (Å²) in [4.78, 5) is 4.89. The van der Waals surface area contributed by atoms with Crippen molar-refractivity contribution in [2.24, 2.45) is 0 Å². The van der Waals surface area contributed by atoms with Crippen LogP contribution in [-0.2, 0) is 0 Å². The monoisotopic (exact) mass is 396 g/mol. The van der Waals surface area contributed by atoms with Crippen molar-refractivity contribution in [2.45, 2.75) is 66.5 Å². The lowest BCUT2D eigenvalue weighted by Crippen LogP contribution is -2.41. The molecule has 0 aliphatic carbocycles. The van der Waals surface area contributed by atoms with Crippen molar-refractivity contribution in [1.29, 1.82) is 0 Å². The number of hydrogen-bond acceptors (Lipinski definition) is 4. The van der Waals surface area contributed by atoms with Crippen LogP contribution in [0, 0.1) is 0 Å². The number of ether oxygens (including phenoxy) is 1. The lowest BCUT2D eigenvalue weighted by Gasteiger charge is -2.34. The Hall–Kier alpha value is -0.710. The summed E-state index contributed by atoms with van der Waals surface area (Å²) in [5.41, 5.74) is 0. The molecule has 0 aromatic heterocycles. The lowest BCUT2D eigenvalue weighted by atomic mass is 10.1. The lowest BCUT2D eigenvalue weighted by molar-refractivity contribution is 0.0843. The van der Waals surface area contributed by atoms with Gasteiger partial charge in [-0.05, 0) is 45.9 Å². The molecule has 0 unspecified atom stereocenters. The van der Waals surface area contributed by atoms with E-state index in [2.05, 4.69) is 42.5 Å². The predicted octanol–water partition coefficient (Wildman–Crippen LogP) is 5.66. The zero-order chi connectivity index (χ0) is 20.5. The Morgan fingerprint density at radius 2 is 1.41 bits per heavy atom. The highest BCUT2D eigenvalue weighted by molar-refractivity contribution is 7.99. The van der Waals surface area contributed by atoms with Crippen LogP contribution in [0.15, 0.2) is 30.3 Å². The number of likely N-dealkylation sites (tertiary alicyclic amines) is 1. The average molecular weight is 397 g/mol. The first-order chi connectivity index (χ1) is 13.1. The Morgan fingerprint density at radius 3 is 1.81 bits per heavy atom. The van der Waals surface area contributed by atoms with E-state index in [9.17, 15) is 0 Å². The van der Waals surface area contributed by atoms with E-state index < -0.39 is 0 Å². The zero-order valence-corrected chi connectivity index (χ0v) is 19.7. The van der Waals surface area contributed by atoms with Crippen molar-refractivity contribution < 1.29 is 4.74 Å². The maximum Gasteiger partial charge on any atom is 0.119 e. The second kappa shape index (κ2) is 17.4. The van der Waals surface area contributed by atoms with Crippen molar-refractivity contribution in [1.82, 2.24) is 9.80 Å². The van der Waals surface area contributed by atoms with Gasteiger partial charge in [-0.1, -0.05) is 45.9 Å². The molecule has 0 spiro atoms. The molecule has 2 aliphatic rings. The molecule has 2 saturated heterocycles. The Bertz CT molecular complexity index is 414. The number of nitrogens with zero attached hydrogens (tertiary/aromatic N) is 2. The summed E-state index contributed by atoms with van der Waals surface area (Å²) in [5, 5.41) is 0. The minimum Gasteiger partial charge on any atom is -0.490 e. The molecule has 2 aliphatic heterocycles. The van der Waals surface area contributed by atoms with E-state index in [4.69, 9.17) is 4.74 Å². The van der Waals surface area contributed by atoms with Crippen LogP contribution in [0.3, 0.4) is 0 Å². The third kappa shape index (κ3) is 12.4. The smallest absolute Gasteiger partial charge is 0.119 e. The second-order valence-corrected chi connectivity index (χ2v) is 7.90. The summed E-state index contributed by atoms with van der Waals surface area (Å²) in [5.74, 6) is 3.66. The Balaban J connectivity index is 0.000000514. The molecule has 1 aromatic carbocycles. The Morgan fingerprint density at radius 1 is 0.889 bits per heavy atom. The molecule has 0 atom stereocenters. The number of hydrogen-bond donors (Lipinski definition) is 0. The molecule has 0 radical (unpaired) electrons. The fourth-order valence-corrected chi connectivity index (χ4v) is 3.94. The van der Waals surface area contributed by atoms with Gasteiger partial charge < -0.3 is 14.5 Å². The molecular weight excluding hydrogens is 352 g/mol. The summed E-state index contributed by atoms with van der Waals surface area (Å²) in [6, 6.07) is 10.8. The van der Waals surface area contributed by atoms with Gasteiger partial charge >= 0.3 is 0 Å². The molecule has 0 saturated carbocycles. The van der Waals surface area contributed by atoms with Gasteiger partial charge in [-0.2, -0.15) is 11.8 Å². The second-order valence-electron chi connectivity index (χ2n) is 6.68. The highest BCUT2D eigenvalue weighted by Gasteiger charge is 2.21. The molecule has 4 heteroatoms. The summed E-state index contributed by atoms with van der Waals surface area (Å²) < 4.78 is 5.96. The first kappa shape index (κ1) is 26.3. The van der Waals surface area contributed by atoms with Crippen molar-refractivity contribution in [2.75, 3.05) is 44.7 Å². The van der Waals surface area contributed by atoms with Crippen LogP contribution in [0.25, 0.3) is 0 Å². The Kier molecular flexibility index (Phi) is 16.9. The number of rotatable bonds is 3. The fourth-order valence-electron chi connectivity index (χ4n) is 2.86. The van der Waals surface area contributed by atoms with Gasteiger partial charge in [0.1, 0.15) is 11.9 Å². The van der Waals surface area contributed by atoms with E-state index >= 15 is 0 Å². The quantitative estimate of drug-likeness (QED) is 0.655. The topological polar surface area (TPSA) is 15.7 Å². The summed E-state index contributed by atoms with van der Waals surface area (Å²) in [6.45, 7) is 17.4. The first-order valence-electron chi connectivity index (χ1n) is 10.9. The summed E-state index contributed by atoms with van der Waals surface area (Å²) in [6.07, 6.45) is 2.69. The Labute approximate surface area is 173 Å². The third-order valence-electron chi connectivity index (χ3n) is 4.49. The summed E-state index contributed by atoms with van der Waals surface area (Å²) >= 11 is 2.06. The molecule has 0 N–H and O–H groups in total. The zero-order valence-electron chi connectivity index (χ0n) is 18.9. The highest BCUT2D eigenvalue weighted by Crippen LogP contribution is 2.19. The van der Waals surface area contributed by atoms with E-state index in [-0.39, 0.29) is 0 Å². The van der Waals surface area contributed by atoms with Crippen molar-refractivity contribution >= 4 is 11.8 Å². The average Bonchev–Trinajstić information content (AvgIpc) is 2.73. The summed E-state index contributed by atoms with van der Waals surface area (Å²) in [7, 11) is 2.18. The van der Waals surface area contributed by atoms with Gasteiger partial charge in [0.05, 0.1) is 0 Å². The molecule has 2 fully saturated rings. The number of piperidine rings is 1. The predicted molar refractivity (Wildman–Crippen MR) is 124 cm³/mol. The molecule has 27 heavy (non-hydrogen) atoms. The van der Waals surface area contributed by atoms with Crippen LogP contribution in [0.1, 0.15) is 54.4 Å². The maximum atomic E-state index is 5.96. The van der Waals surface area contributed by atoms with Crippen LogP contribution < -0.4 is 4.74 Å². The van der Waals surface area contributed by atoms with Crippen LogP contribution in [0.5, 0.6) is 5.75 Å². The van der Waals surface area contributed by atoms with Crippen molar-refractivity contribution in [3.05, 3.63) is 30.3 Å². The van der Waals surface area contributed by atoms with Crippen LogP contribution >= 0.6 is 11.8 Å². The fraction of sp³-hybridized carbons (Fsp3) is 0.739. The van der Waals surface area contributed by atoms with Gasteiger partial charge in [0.2, 0.25) is 0 Å². The van der Waals surface area contributed by atoms with E-state index in [1.807, 2.05) is 58.0 Å². The highest BCUT2D eigenvalue weighted by atomic mass is 32.2. The number of para-hydroxylation sites is 1. The molecule has 0 amide bonds. The molecular formula is C23H44N2OS. The molecule has 0 bridgehead atoms. The minimum atomic E-state index is 0.400. The van der Waals surface area contributed by atoms with Gasteiger partial charge in [0.15, 0.2) is 0 Å². The van der Waals surface area contributed by atoms with Crippen molar-refractivity contribution in [3.63, 3.8) is 0 Å². The minimum absolute atomic E-state index is 0.400. The molecule has 1 aromatic rings. The van der Waals surface area contributed by atoms with E-state index in [1.54, 1.807) is 0 Å². The third-order valence-corrected chi connectivity index (χ3v) is 5.43. The van der Waals surface area contributed by atoms with Gasteiger partial charge in [-0.15, -0.1) is 0 Å². The first-order valence-corrected chi connectivity index (χ1v) is 12.0. The van der Waals surface area contributed by atoms with Crippen LogP contribution in [0.4, 0.5) is 0 Å². The van der Waals surface area contributed by atoms with Gasteiger partial charge in [0.25, 0.3) is 0 Å². The van der Waals surface area contributed by atoms with E-state index in [0.29, 0.717) is 12.1 Å². The van der Waals surface area contributed by atoms with Crippen molar-refractivity contribution in [3.8, 4) is 5.75 Å². The van der Waals surface area contributed by atoms with Gasteiger partial charge in [0, 0.05) is 43.7 Å². The number of thioether (sulfide) groups is 1. The van der Waals surface area contributed by atoms with Crippen LogP contribution in [0.2, 0.25) is 0 Å². The normalized spacial score (nSPS) is 18.2. The number of benzene rings is 1. The van der Waals surface area contributed by atoms with Crippen LogP contribution in [-0.4, -0.2) is 66.7 Å². The largest absolute Gasteiger partial charge is 0.490 e. The molecule has 158 valence electrons. The standard InChI is InChI=1S/C14H21NO.C5H11NS.2C2H6/c1-12(2)15-10-8-14(9-11-15)16-13-6-4-3-5-7-13;1-6-2-4-7-5-3-6;2*1-2/h3-7,12,14H,8-11H2,1-2H3;2-5H2,1H3;2*1-2H3. The maximum absolute atomic E-state index is 5.96. The van der Waals surface area contributed by atoms with E-state index in [1.165, 1.54) is 24.6 Å². The molecule has 3 rings (SSSR count). The molecule has 3 nitrogen and oxygen atoms in total. The van der Waals surface area contributed by atoms with E-state index in [0.717, 1.165) is 31.7 Å². The molecule has 2 heterocycles. The SMILES string of the molecule is CC.CC.CC(C)N1CCC(Oc2ccccc2)CC1.CN1CCSCC1. The van der Waals surface area contributed by atoms with Gasteiger partial charge in [-0.3, -0.25) is 0 Å².